The maximum atomic E-state index is 11.6. The number of piperidine rings is 1. The molecule has 2 rings (SSSR count). The molecule has 1 fully saturated rings. The van der Waals surface area contributed by atoms with Crippen LogP contribution in [0.15, 0.2) is 30.3 Å². The van der Waals surface area contributed by atoms with E-state index >= 15 is 0 Å². The normalized spacial score (nSPS) is 19.0. The summed E-state index contributed by atoms with van der Waals surface area (Å²) < 4.78 is 0. The predicted molar refractivity (Wildman–Crippen MR) is 57.0 cm³/mol. The molecule has 1 aromatic rings. The summed E-state index contributed by atoms with van der Waals surface area (Å²) in [5.41, 5.74) is 0.785. The fourth-order valence-electron chi connectivity index (χ4n) is 1.89. The summed E-state index contributed by atoms with van der Waals surface area (Å²) >= 11 is 0. The van der Waals surface area contributed by atoms with Crippen molar-refractivity contribution in [3.63, 3.8) is 0 Å². The van der Waals surface area contributed by atoms with E-state index in [4.69, 9.17) is 0 Å². The highest BCUT2D eigenvalue weighted by molar-refractivity contribution is 5.77. The van der Waals surface area contributed by atoms with Gasteiger partial charge in [0.1, 0.15) is 0 Å². The van der Waals surface area contributed by atoms with Gasteiger partial charge in [-0.25, -0.2) is 0 Å². The molecule has 0 radical (unpaired) electrons. The summed E-state index contributed by atoms with van der Waals surface area (Å²) in [6.07, 6.45) is 1.70. The van der Waals surface area contributed by atoms with Crippen LogP contribution < -0.4 is 0 Å². The van der Waals surface area contributed by atoms with Gasteiger partial charge in [0.05, 0.1) is 0 Å². The van der Waals surface area contributed by atoms with Gasteiger partial charge in [0, 0.05) is 18.5 Å². The van der Waals surface area contributed by atoms with Crippen molar-refractivity contribution in [3.05, 3.63) is 35.9 Å². The number of benzene rings is 1. The van der Waals surface area contributed by atoms with Crippen LogP contribution in [0.4, 0.5) is 0 Å². The molecule has 0 spiro atoms. The van der Waals surface area contributed by atoms with Gasteiger partial charge in [0.25, 0.3) is 0 Å². The third-order valence-corrected chi connectivity index (χ3v) is 2.75. The summed E-state index contributed by atoms with van der Waals surface area (Å²) in [5, 5.41) is 10.0. The minimum absolute atomic E-state index is 0.0533. The first-order valence-corrected chi connectivity index (χ1v) is 5.31. The molecule has 1 aliphatic rings. The Kier molecular flexibility index (Phi) is 3.02. The van der Waals surface area contributed by atoms with Crippen LogP contribution in [0.2, 0.25) is 0 Å². The van der Waals surface area contributed by atoms with Gasteiger partial charge in [0.15, 0.2) is 6.23 Å². The molecular weight excluding hydrogens is 190 g/mol. The van der Waals surface area contributed by atoms with Gasteiger partial charge < -0.3 is 10.0 Å². The fraction of sp³-hybridized carbons (Fsp3) is 0.417. The van der Waals surface area contributed by atoms with Crippen LogP contribution in [-0.4, -0.2) is 22.5 Å². The molecule has 1 unspecified atom stereocenters. The van der Waals surface area contributed by atoms with Crippen molar-refractivity contribution in [2.24, 2.45) is 0 Å². The first kappa shape index (κ1) is 10.2. The third kappa shape index (κ3) is 2.18. The molecule has 80 valence electrons. The van der Waals surface area contributed by atoms with E-state index in [0.717, 1.165) is 18.4 Å². The molecule has 1 atom stereocenters. The zero-order valence-corrected chi connectivity index (χ0v) is 8.60. The number of hydrogen-bond acceptors (Lipinski definition) is 2. The predicted octanol–water partition coefficient (Wildman–Crippen LogP) is 1.69. The number of likely N-dealkylation sites (tertiary alicyclic amines) is 1. The van der Waals surface area contributed by atoms with E-state index in [0.29, 0.717) is 13.0 Å². The van der Waals surface area contributed by atoms with Crippen molar-refractivity contribution >= 4 is 5.91 Å². The number of hydrogen-bond donors (Lipinski definition) is 1. The Morgan fingerprint density at radius 2 is 1.93 bits per heavy atom. The minimum atomic E-state index is -0.779. The minimum Gasteiger partial charge on any atom is -0.369 e. The van der Waals surface area contributed by atoms with E-state index in [1.165, 1.54) is 0 Å². The lowest BCUT2D eigenvalue weighted by Gasteiger charge is -2.31. The summed E-state index contributed by atoms with van der Waals surface area (Å²) in [7, 11) is 0. The van der Waals surface area contributed by atoms with Crippen molar-refractivity contribution in [1.82, 2.24) is 4.90 Å². The highest BCUT2D eigenvalue weighted by Gasteiger charge is 2.25. The Morgan fingerprint density at radius 3 is 2.60 bits per heavy atom. The van der Waals surface area contributed by atoms with Gasteiger partial charge in [-0.2, -0.15) is 0 Å². The number of aliphatic hydroxyl groups excluding tert-OH is 1. The second kappa shape index (κ2) is 4.45. The Hall–Kier alpha value is -1.35. The third-order valence-electron chi connectivity index (χ3n) is 2.75. The molecule has 3 nitrogen and oxygen atoms in total. The van der Waals surface area contributed by atoms with Crippen molar-refractivity contribution in [2.75, 3.05) is 6.54 Å². The quantitative estimate of drug-likeness (QED) is 0.798. The summed E-state index contributed by atoms with van der Waals surface area (Å²) in [5.74, 6) is 0.0533. The molecule has 15 heavy (non-hydrogen) atoms. The van der Waals surface area contributed by atoms with E-state index in [1.807, 2.05) is 30.3 Å². The molecule has 1 saturated heterocycles. The second-order valence-electron chi connectivity index (χ2n) is 3.83. The molecule has 1 heterocycles. The standard InChI is InChI=1S/C12H15NO2/c14-11-8-4-5-9-13(11)12(15)10-6-2-1-3-7-10/h1-3,6-7,12,15H,4-5,8-9H2. The van der Waals surface area contributed by atoms with Gasteiger partial charge in [-0.15, -0.1) is 0 Å². The summed E-state index contributed by atoms with van der Waals surface area (Å²) in [6, 6.07) is 9.31. The average Bonchev–Trinajstić information content (AvgIpc) is 2.30. The van der Waals surface area contributed by atoms with E-state index in [9.17, 15) is 9.90 Å². The Balaban J connectivity index is 2.13. The maximum Gasteiger partial charge on any atom is 0.224 e. The van der Waals surface area contributed by atoms with Crippen LogP contribution in [0.3, 0.4) is 0 Å². The SMILES string of the molecule is O=C1CCCCN1C(O)c1ccccc1. The number of amides is 1. The van der Waals surface area contributed by atoms with Crippen molar-refractivity contribution in [2.45, 2.75) is 25.5 Å². The highest BCUT2D eigenvalue weighted by Crippen LogP contribution is 2.22. The largest absolute Gasteiger partial charge is 0.369 e. The molecule has 0 saturated carbocycles. The lowest BCUT2D eigenvalue weighted by atomic mass is 10.1. The molecule has 1 aromatic carbocycles. The van der Waals surface area contributed by atoms with Crippen molar-refractivity contribution < 1.29 is 9.90 Å². The molecule has 0 aromatic heterocycles. The molecule has 1 N–H and O–H groups in total. The van der Waals surface area contributed by atoms with Gasteiger partial charge in [-0.05, 0) is 12.8 Å². The van der Waals surface area contributed by atoms with E-state index in [2.05, 4.69) is 0 Å². The molecule has 0 aliphatic carbocycles. The second-order valence-corrected chi connectivity index (χ2v) is 3.83. The number of nitrogens with zero attached hydrogens (tertiary/aromatic N) is 1. The van der Waals surface area contributed by atoms with Gasteiger partial charge >= 0.3 is 0 Å². The molecule has 1 amide bonds. The monoisotopic (exact) mass is 205 g/mol. The molecule has 1 aliphatic heterocycles. The molecular formula is C12H15NO2. The number of rotatable bonds is 2. The fourth-order valence-corrected chi connectivity index (χ4v) is 1.89. The van der Waals surface area contributed by atoms with Crippen LogP contribution >= 0.6 is 0 Å². The van der Waals surface area contributed by atoms with Gasteiger partial charge in [-0.3, -0.25) is 4.79 Å². The van der Waals surface area contributed by atoms with E-state index < -0.39 is 6.23 Å². The number of carbonyl (C=O) groups is 1. The molecule has 3 heteroatoms. The van der Waals surface area contributed by atoms with E-state index in [-0.39, 0.29) is 5.91 Å². The Bertz CT molecular complexity index is 337. The smallest absolute Gasteiger partial charge is 0.224 e. The van der Waals surface area contributed by atoms with Crippen LogP contribution in [0.25, 0.3) is 0 Å². The van der Waals surface area contributed by atoms with E-state index in [1.54, 1.807) is 4.90 Å². The van der Waals surface area contributed by atoms with Crippen LogP contribution in [-0.2, 0) is 4.79 Å². The summed E-state index contributed by atoms with van der Waals surface area (Å²) in [6.45, 7) is 0.662. The Morgan fingerprint density at radius 1 is 1.20 bits per heavy atom. The summed E-state index contributed by atoms with van der Waals surface area (Å²) in [4.78, 5) is 13.1. The van der Waals surface area contributed by atoms with Crippen molar-refractivity contribution in [3.8, 4) is 0 Å². The first-order chi connectivity index (χ1) is 7.29. The molecule has 0 bridgehead atoms. The topological polar surface area (TPSA) is 40.5 Å². The van der Waals surface area contributed by atoms with Crippen LogP contribution in [0.5, 0.6) is 0 Å². The lowest BCUT2D eigenvalue weighted by molar-refractivity contribution is -0.144. The van der Waals surface area contributed by atoms with Gasteiger partial charge in [-0.1, -0.05) is 30.3 Å². The van der Waals surface area contributed by atoms with Crippen molar-refractivity contribution in [1.29, 1.82) is 0 Å². The lowest BCUT2D eigenvalue weighted by Crippen LogP contribution is -2.38. The Labute approximate surface area is 89.3 Å². The van der Waals surface area contributed by atoms with Crippen LogP contribution in [0.1, 0.15) is 31.1 Å². The van der Waals surface area contributed by atoms with Crippen LogP contribution in [0, 0.1) is 0 Å². The first-order valence-electron chi connectivity index (χ1n) is 5.31. The van der Waals surface area contributed by atoms with Gasteiger partial charge in [0.2, 0.25) is 5.91 Å². The number of aliphatic hydroxyl groups is 1. The zero-order chi connectivity index (χ0) is 10.7. The highest BCUT2D eigenvalue weighted by atomic mass is 16.3. The number of carbonyl (C=O) groups excluding carboxylic acids is 1. The maximum absolute atomic E-state index is 11.6. The average molecular weight is 205 g/mol. The zero-order valence-electron chi connectivity index (χ0n) is 8.60.